The van der Waals surface area contributed by atoms with Crippen LogP contribution < -0.4 is 0 Å². The van der Waals surface area contributed by atoms with E-state index in [9.17, 15) is 0 Å². The predicted molar refractivity (Wildman–Crippen MR) is 51.5 cm³/mol. The minimum Gasteiger partial charge on any atom is -0.352 e. The van der Waals surface area contributed by atoms with Crippen LogP contribution in [0.1, 0.15) is 0 Å². The Kier molecular flexibility index (Phi) is 77.8. The summed E-state index contributed by atoms with van der Waals surface area (Å²) in [4.78, 5) is 0. The van der Waals surface area contributed by atoms with E-state index in [4.69, 9.17) is 23.2 Å². The van der Waals surface area contributed by atoms with Crippen molar-refractivity contribution < 1.29 is 4.74 Å². The monoisotopic (exact) mass is 258 g/mol. The maximum atomic E-state index is 5.01. The van der Waals surface area contributed by atoms with Crippen LogP contribution in [0.2, 0.25) is 0 Å². The number of alkyl halides is 2. The maximum Gasteiger partial charge on any atom is 0.206 e. The zero-order valence-electron chi connectivity index (χ0n) is 4.37. The minimum absolute atomic E-state index is 0. The van der Waals surface area contributed by atoms with Gasteiger partial charge in [0.05, 0.1) is 0 Å². The predicted octanol–water partition coefficient (Wildman–Crippen LogP) is 3.08. The number of halogens is 6. The molecule has 0 bridgehead atoms. The van der Waals surface area contributed by atoms with Gasteiger partial charge in [-0.3, -0.25) is 0 Å². The topological polar surface area (TPSA) is 9.23 Å². The zero-order chi connectivity index (χ0) is 4.28. The summed E-state index contributed by atoms with van der Waals surface area (Å²) in [7, 11) is 1.44. The van der Waals surface area contributed by atoms with Gasteiger partial charge in [0.1, 0.15) is 0 Å². The van der Waals surface area contributed by atoms with Crippen LogP contribution in [0.5, 0.6) is 0 Å². The van der Waals surface area contributed by atoms with Crippen molar-refractivity contribution in [2.24, 2.45) is 0 Å². The Bertz CT molecular complexity index is 25.0. The lowest BCUT2D eigenvalue weighted by molar-refractivity contribution is 0.225. The summed E-state index contributed by atoms with van der Waals surface area (Å²) in [5, 5.41) is -0.671. The smallest absolute Gasteiger partial charge is 0.206 e. The normalized spacial score (nSPS) is 5.33. The van der Waals surface area contributed by atoms with Crippen LogP contribution in [-0.2, 0) is 4.74 Å². The third kappa shape index (κ3) is 42.0. The van der Waals surface area contributed by atoms with Crippen LogP contribution in [0.15, 0.2) is 0 Å². The second-order valence-electron chi connectivity index (χ2n) is 0.496. The van der Waals surface area contributed by atoms with E-state index in [2.05, 4.69) is 4.74 Å². The fourth-order valence-corrected chi connectivity index (χ4v) is 0. The van der Waals surface area contributed by atoms with Crippen molar-refractivity contribution >= 4 is 72.8 Å². The largest absolute Gasteiger partial charge is 0.352 e. The lowest BCUT2D eigenvalue weighted by Gasteiger charge is -1.88. The van der Waals surface area contributed by atoms with Crippen molar-refractivity contribution in [3.8, 4) is 0 Å². The van der Waals surface area contributed by atoms with Crippen LogP contribution in [0.4, 0.5) is 0 Å². The Morgan fingerprint density at radius 2 is 1.11 bits per heavy atom. The summed E-state index contributed by atoms with van der Waals surface area (Å²) in [6, 6.07) is 0. The molecular weight excluding hydrogens is 253 g/mol. The van der Waals surface area contributed by atoms with E-state index in [1.165, 1.54) is 7.11 Å². The van der Waals surface area contributed by atoms with E-state index < -0.39 is 5.02 Å². The second kappa shape index (κ2) is 22.6. The summed E-state index contributed by atoms with van der Waals surface area (Å²) in [6.07, 6.45) is 0. The molecule has 0 aromatic heterocycles. The molecule has 0 amide bonds. The SMILES string of the molecule is COC(Cl)Cl.Cl.Cl.Cl.Cl. The first-order valence-electron chi connectivity index (χ1n) is 1.08. The van der Waals surface area contributed by atoms with Crippen LogP contribution >= 0.6 is 72.8 Å². The molecule has 0 aliphatic rings. The van der Waals surface area contributed by atoms with E-state index in [-0.39, 0.29) is 49.6 Å². The van der Waals surface area contributed by atoms with E-state index in [1.807, 2.05) is 0 Å². The molecule has 0 atom stereocenters. The first kappa shape index (κ1) is 31.0. The molecule has 7 heteroatoms. The van der Waals surface area contributed by atoms with Gasteiger partial charge in [-0.2, -0.15) is 0 Å². The summed E-state index contributed by atoms with van der Waals surface area (Å²) >= 11 is 10.0. The highest BCUT2D eigenvalue weighted by Gasteiger charge is 1.85. The maximum absolute atomic E-state index is 5.01. The molecule has 0 aliphatic carbocycles. The van der Waals surface area contributed by atoms with Gasteiger partial charge in [0.15, 0.2) is 0 Å². The van der Waals surface area contributed by atoms with E-state index in [0.717, 1.165) is 0 Å². The van der Waals surface area contributed by atoms with Gasteiger partial charge in [-0.25, -0.2) is 0 Å². The fourth-order valence-electron chi connectivity index (χ4n) is 0. The molecule has 0 radical (unpaired) electrons. The van der Waals surface area contributed by atoms with Gasteiger partial charge in [-0.1, -0.05) is 23.2 Å². The van der Waals surface area contributed by atoms with Gasteiger partial charge < -0.3 is 4.74 Å². The van der Waals surface area contributed by atoms with Crippen molar-refractivity contribution in [2.75, 3.05) is 7.11 Å². The third-order valence-corrected chi connectivity index (χ3v) is 0.535. The minimum atomic E-state index is -0.671. The first-order chi connectivity index (χ1) is 2.27. The molecule has 0 saturated carbocycles. The zero-order valence-corrected chi connectivity index (χ0v) is 9.15. The van der Waals surface area contributed by atoms with Crippen molar-refractivity contribution in [3.63, 3.8) is 0 Å². The molecule has 0 unspecified atom stereocenters. The Labute approximate surface area is 89.4 Å². The van der Waals surface area contributed by atoms with Crippen LogP contribution in [0, 0.1) is 0 Å². The highest BCUT2D eigenvalue weighted by Crippen LogP contribution is 1.98. The van der Waals surface area contributed by atoms with Crippen LogP contribution in [0.3, 0.4) is 0 Å². The number of hydrogen-bond acceptors (Lipinski definition) is 1. The summed E-state index contributed by atoms with van der Waals surface area (Å²) in [6.45, 7) is 0. The van der Waals surface area contributed by atoms with Gasteiger partial charge in [0.2, 0.25) is 5.02 Å². The molecule has 0 saturated heterocycles. The standard InChI is InChI=1S/C2H4Cl2O.4ClH/c1-5-2(3)4;;;;/h2H,1H3;4*1H. The molecule has 9 heavy (non-hydrogen) atoms. The molecule has 64 valence electrons. The quantitative estimate of drug-likeness (QED) is 0.659. The molecule has 0 rings (SSSR count). The Balaban J connectivity index is -0.0000000133. The summed E-state index contributed by atoms with van der Waals surface area (Å²) in [5.74, 6) is 0. The van der Waals surface area contributed by atoms with E-state index in [0.29, 0.717) is 0 Å². The van der Waals surface area contributed by atoms with Crippen molar-refractivity contribution in [1.29, 1.82) is 0 Å². The van der Waals surface area contributed by atoms with Crippen LogP contribution in [0.25, 0.3) is 0 Å². The Hall–Kier alpha value is 1.70. The summed E-state index contributed by atoms with van der Waals surface area (Å²) < 4.78 is 4.28. The third-order valence-electron chi connectivity index (χ3n) is 0.178. The highest BCUT2D eigenvalue weighted by atomic mass is 35.5. The molecule has 0 aromatic rings. The molecule has 0 aliphatic heterocycles. The first-order valence-corrected chi connectivity index (χ1v) is 1.95. The van der Waals surface area contributed by atoms with Gasteiger partial charge in [0.25, 0.3) is 0 Å². The van der Waals surface area contributed by atoms with Gasteiger partial charge >= 0.3 is 0 Å². The molecule has 0 N–H and O–H groups in total. The van der Waals surface area contributed by atoms with Crippen molar-refractivity contribution in [3.05, 3.63) is 0 Å². The van der Waals surface area contributed by atoms with E-state index in [1.54, 1.807) is 0 Å². The van der Waals surface area contributed by atoms with Crippen molar-refractivity contribution in [1.82, 2.24) is 0 Å². The number of rotatable bonds is 1. The number of ether oxygens (including phenoxy) is 1. The Morgan fingerprint density at radius 3 is 1.11 bits per heavy atom. The van der Waals surface area contributed by atoms with Gasteiger partial charge in [-0.05, 0) is 0 Å². The van der Waals surface area contributed by atoms with Gasteiger partial charge in [0, 0.05) is 7.11 Å². The number of hydrogen-bond donors (Lipinski definition) is 0. The molecular formula is C2H8Cl6O. The number of methoxy groups -OCH3 is 1. The summed E-state index contributed by atoms with van der Waals surface area (Å²) in [5.41, 5.74) is 0. The molecule has 0 spiro atoms. The second-order valence-corrected chi connectivity index (χ2v) is 1.51. The van der Waals surface area contributed by atoms with E-state index >= 15 is 0 Å². The average Bonchev–Trinajstić information content (AvgIpc) is 1.38. The Morgan fingerprint density at radius 1 is 1.00 bits per heavy atom. The highest BCUT2D eigenvalue weighted by molar-refractivity contribution is 6.43. The molecule has 0 aromatic carbocycles. The lowest BCUT2D eigenvalue weighted by Crippen LogP contribution is -1.85. The molecule has 0 fully saturated rings. The van der Waals surface area contributed by atoms with Gasteiger partial charge in [-0.15, -0.1) is 49.6 Å². The fraction of sp³-hybridized carbons (Fsp3) is 1.00. The molecule has 0 heterocycles. The lowest BCUT2D eigenvalue weighted by atomic mass is 11.5. The molecule has 1 nitrogen and oxygen atoms in total. The van der Waals surface area contributed by atoms with Crippen molar-refractivity contribution in [2.45, 2.75) is 5.02 Å². The average molecular weight is 261 g/mol. The van der Waals surface area contributed by atoms with Crippen LogP contribution in [-0.4, -0.2) is 12.1 Å².